The number of amides is 1. The molecule has 7 heteroatoms. The third-order valence-electron chi connectivity index (χ3n) is 3.35. The number of hydrogen-bond acceptors (Lipinski definition) is 6. The molecule has 3 aromatic heterocycles. The van der Waals surface area contributed by atoms with E-state index in [1.54, 1.807) is 23.4 Å². The highest BCUT2D eigenvalue weighted by atomic mass is 16.5. The highest BCUT2D eigenvalue weighted by Gasteiger charge is 2.19. The molecule has 0 fully saturated rings. The summed E-state index contributed by atoms with van der Waals surface area (Å²) in [6.07, 6.45) is 6.17. The predicted octanol–water partition coefficient (Wildman–Crippen LogP) is 2.32. The van der Waals surface area contributed by atoms with Crippen molar-refractivity contribution in [3.8, 4) is 6.01 Å². The Labute approximate surface area is 138 Å². The highest BCUT2D eigenvalue weighted by Crippen LogP contribution is 2.13. The Hall–Kier alpha value is -3.22. The second kappa shape index (κ2) is 7.36. The lowest BCUT2D eigenvalue weighted by Gasteiger charge is -2.21. The standard InChI is InChI=1S/C17H16N4O3/c1-23-17-19-9-13(10-20-17)16(22)21(12-15-6-4-8-24-15)11-14-5-2-3-7-18-14/h2-10H,11-12H2,1H3. The largest absolute Gasteiger partial charge is 0.467 e. The summed E-state index contributed by atoms with van der Waals surface area (Å²) < 4.78 is 10.3. The van der Waals surface area contributed by atoms with E-state index in [2.05, 4.69) is 15.0 Å². The highest BCUT2D eigenvalue weighted by molar-refractivity contribution is 5.93. The minimum absolute atomic E-state index is 0.209. The number of methoxy groups -OCH3 is 1. The van der Waals surface area contributed by atoms with Gasteiger partial charge in [0, 0.05) is 18.6 Å². The van der Waals surface area contributed by atoms with E-state index in [0.717, 1.165) is 5.69 Å². The summed E-state index contributed by atoms with van der Waals surface area (Å²) in [7, 11) is 1.47. The van der Waals surface area contributed by atoms with E-state index < -0.39 is 0 Å². The van der Waals surface area contributed by atoms with Gasteiger partial charge in [-0.2, -0.15) is 0 Å². The number of rotatable bonds is 6. The number of furan rings is 1. The van der Waals surface area contributed by atoms with E-state index in [-0.39, 0.29) is 11.9 Å². The number of pyridine rings is 1. The number of ether oxygens (including phenoxy) is 1. The van der Waals surface area contributed by atoms with Gasteiger partial charge in [0.2, 0.25) is 0 Å². The van der Waals surface area contributed by atoms with Crippen LogP contribution in [0, 0.1) is 0 Å². The van der Waals surface area contributed by atoms with Crippen molar-refractivity contribution in [2.45, 2.75) is 13.1 Å². The van der Waals surface area contributed by atoms with E-state index >= 15 is 0 Å². The van der Waals surface area contributed by atoms with Crippen LogP contribution in [0.4, 0.5) is 0 Å². The first kappa shape index (κ1) is 15.7. The molecule has 0 aliphatic heterocycles. The van der Waals surface area contributed by atoms with Crippen LogP contribution in [0.1, 0.15) is 21.8 Å². The molecule has 0 radical (unpaired) electrons. The van der Waals surface area contributed by atoms with E-state index in [0.29, 0.717) is 24.4 Å². The van der Waals surface area contributed by atoms with E-state index in [4.69, 9.17) is 9.15 Å². The average Bonchev–Trinajstić information content (AvgIpc) is 3.15. The van der Waals surface area contributed by atoms with Crippen molar-refractivity contribution in [3.63, 3.8) is 0 Å². The molecular weight excluding hydrogens is 308 g/mol. The van der Waals surface area contributed by atoms with Gasteiger partial charge in [-0.1, -0.05) is 6.07 Å². The summed E-state index contributed by atoms with van der Waals surface area (Å²) in [5.41, 5.74) is 1.16. The number of carbonyl (C=O) groups is 1. The first-order valence-electron chi connectivity index (χ1n) is 7.34. The zero-order valence-corrected chi connectivity index (χ0v) is 13.1. The smallest absolute Gasteiger partial charge is 0.316 e. The average molecular weight is 324 g/mol. The van der Waals surface area contributed by atoms with Crippen molar-refractivity contribution in [3.05, 3.63) is 72.2 Å². The molecule has 0 saturated carbocycles. The maximum atomic E-state index is 12.8. The molecule has 0 bridgehead atoms. The van der Waals surface area contributed by atoms with Gasteiger partial charge in [0.05, 0.1) is 37.7 Å². The molecule has 3 heterocycles. The number of carbonyl (C=O) groups excluding carboxylic acids is 1. The fourth-order valence-corrected chi connectivity index (χ4v) is 2.19. The number of hydrogen-bond donors (Lipinski definition) is 0. The Morgan fingerprint density at radius 3 is 2.58 bits per heavy atom. The first-order chi connectivity index (χ1) is 11.8. The molecule has 0 saturated heterocycles. The minimum Gasteiger partial charge on any atom is -0.467 e. The van der Waals surface area contributed by atoms with Crippen LogP contribution in [0.15, 0.2) is 59.6 Å². The molecule has 1 amide bonds. The molecule has 3 rings (SSSR count). The molecule has 0 aromatic carbocycles. The van der Waals surface area contributed by atoms with Crippen molar-refractivity contribution < 1.29 is 13.9 Å². The monoisotopic (exact) mass is 324 g/mol. The molecule has 122 valence electrons. The van der Waals surface area contributed by atoms with Gasteiger partial charge < -0.3 is 14.1 Å². The predicted molar refractivity (Wildman–Crippen MR) is 85.1 cm³/mol. The van der Waals surface area contributed by atoms with Gasteiger partial charge in [0.25, 0.3) is 5.91 Å². The quantitative estimate of drug-likeness (QED) is 0.692. The zero-order valence-electron chi connectivity index (χ0n) is 13.1. The Morgan fingerprint density at radius 2 is 1.96 bits per heavy atom. The van der Waals surface area contributed by atoms with Gasteiger partial charge in [-0.3, -0.25) is 9.78 Å². The SMILES string of the molecule is COc1ncc(C(=O)N(Cc2ccccn2)Cc2ccco2)cn1. The Bertz CT molecular complexity index is 773. The van der Waals surface area contributed by atoms with E-state index in [9.17, 15) is 4.79 Å². The lowest BCUT2D eigenvalue weighted by Crippen LogP contribution is -2.30. The van der Waals surface area contributed by atoms with Gasteiger partial charge in [-0.05, 0) is 24.3 Å². The van der Waals surface area contributed by atoms with Crippen LogP contribution < -0.4 is 4.74 Å². The Kier molecular flexibility index (Phi) is 4.81. The van der Waals surface area contributed by atoms with Crippen LogP contribution in [-0.2, 0) is 13.1 Å². The van der Waals surface area contributed by atoms with Gasteiger partial charge in [-0.25, -0.2) is 9.97 Å². The van der Waals surface area contributed by atoms with Crippen molar-refractivity contribution >= 4 is 5.91 Å². The topological polar surface area (TPSA) is 81.4 Å². The Balaban J connectivity index is 1.83. The van der Waals surface area contributed by atoms with Crippen molar-refractivity contribution in [1.29, 1.82) is 0 Å². The van der Waals surface area contributed by atoms with Crippen LogP contribution in [0.5, 0.6) is 6.01 Å². The molecule has 0 N–H and O–H groups in total. The lowest BCUT2D eigenvalue weighted by atomic mass is 10.2. The van der Waals surface area contributed by atoms with Crippen LogP contribution in [0.25, 0.3) is 0 Å². The normalized spacial score (nSPS) is 10.4. The summed E-state index contributed by atoms with van der Waals surface area (Å²) in [6.45, 7) is 0.681. The third kappa shape index (κ3) is 3.75. The van der Waals surface area contributed by atoms with E-state index in [1.165, 1.54) is 19.5 Å². The lowest BCUT2D eigenvalue weighted by molar-refractivity contribution is 0.0714. The van der Waals surface area contributed by atoms with Gasteiger partial charge >= 0.3 is 6.01 Å². The maximum Gasteiger partial charge on any atom is 0.316 e. The number of aromatic nitrogens is 3. The molecule has 0 aliphatic rings. The molecular formula is C17H16N4O3. The van der Waals surface area contributed by atoms with E-state index in [1.807, 2.05) is 24.3 Å². The van der Waals surface area contributed by atoms with Crippen molar-refractivity contribution in [1.82, 2.24) is 19.9 Å². The summed E-state index contributed by atoms with van der Waals surface area (Å²) in [6, 6.07) is 9.41. The van der Waals surface area contributed by atoms with Crippen LogP contribution >= 0.6 is 0 Å². The third-order valence-corrected chi connectivity index (χ3v) is 3.35. The summed E-state index contributed by atoms with van der Waals surface area (Å²) in [5.74, 6) is 0.480. The van der Waals surface area contributed by atoms with Crippen molar-refractivity contribution in [2.75, 3.05) is 7.11 Å². The second-order valence-electron chi connectivity index (χ2n) is 5.02. The molecule has 0 aliphatic carbocycles. The second-order valence-corrected chi connectivity index (χ2v) is 5.02. The van der Waals surface area contributed by atoms with Crippen molar-refractivity contribution in [2.24, 2.45) is 0 Å². The van der Waals surface area contributed by atoms with Gasteiger partial charge in [-0.15, -0.1) is 0 Å². The molecule has 0 spiro atoms. The maximum absolute atomic E-state index is 12.8. The number of nitrogens with zero attached hydrogens (tertiary/aromatic N) is 4. The first-order valence-corrected chi connectivity index (χ1v) is 7.34. The van der Waals surface area contributed by atoms with Gasteiger partial charge in [0.15, 0.2) is 0 Å². The van der Waals surface area contributed by atoms with Crippen LogP contribution in [-0.4, -0.2) is 32.9 Å². The fraction of sp³-hybridized carbons (Fsp3) is 0.176. The molecule has 3 aromatic rings. The molecule has 0 atom stereocenters. The van der Waals surface area contributed by atoms with Gasteiger partial charge in [0.1, 0.15) is 5.76 Å². The zero-order chi connectivity index (χ0) is 16.8. The fourth-order valence-electron chi connectivity index (χ4n) is 2.19. The minimum atomic E-state index is -0.209. The summed E-state index contributed by atoms with van der Waals surface area (Å²) >= 11 is 0. The summed E-state index contributed by atoms with van der Waals surface area (Å²) in [5, 5.41) is 0. The summed E-state index contributed by atoms with van der Waals surface area (Å²) in [4.78, 5) is 26.7. The molecule has 0 unspecified atom stereocenters. The Morgan fingerprint density at radius 1 is 1.12 bits per heavy atom. The van der Waals surface area contributed by atoms with Crippen LogP contribution in [0.3, 0.4) is 0 Å². The van der Waals surface area contributed by atoms with Crippen LogP contribution in [0.2, 0.25) is 0 Å². The molecule has 24 heavy (non-hydrogen) atoms. The molecule has 7 nitrogen and oxygen atoms in total.